The first-order chi connectivity index (χ1) is 9.52. The molecule has 1 fully saturated rings. The Balaban J connectivity index is 0.000000217. The average molecular weight is 282 g/mol. The summed E-state index contributed by atoms with van der Waals surface area (Å²) in [5.74, 6) is 1.55. The number of aromatic nitrogens is 1. The van der Waals surface area contributed by atoms with Gasteiger partial charge in [-0.3, -0.25) is 0 Å². The van der Waals surface area contributed by atoms with Gasteiger partial charge in [0, 0.05) is 13.2 Å². The molecule has 0 spiro atoms. The van der Waals surface area contributed by atoms with Gasteiger partial charge < -0.3 is 10.5 Å². The van der Waals surface area contributed by atoms with Crippen LogP contribution in [0.15, 0.2) is 12.3 Å². The highest BCUT2D eigenvalue weighted by molar-refractivity contribution is 5.38. The molecule has 0 aromatic carbocycles. The Morgan fingerprint density at radius 2 is 2.05 bits per heavy atom. The average Bonchev–Trinajstić information content (AvgIpc) is 2.44. The molecular formula is C16H27FN2O. The number of halogens is 1. The van der Waals surface area contributed by atoms with E-state index in [-0.39, 0.29) is 5.82 Å². The van der Waals surface area contributed by atoms with Crippen molar-refractivity contribution in [1.29, 1.82) is 0 Å². The Kier molecular flexibility index (Phi) is 7.52. The molecule has 0 radical (unpaired) electrons. The maximum Gasteiger partial charge on any atom is 0.141 e. The van der Waals surface area contributed by atoms with Crippen LogP contribution < -0.4 is 5.73 Å². The summed E-state index contributed by atoms with van der Waals surface area (Å²) in [5.41, 5.74) is 6.36. The minimum Gasteiger partial charge on any atom is -0.383 e. The molecule has 114 valence electrons. The molecule has 1 aliphatic heterocycles. The SMILES string of the molecule is CC(C)Cc1cc(F)cnc1N.CCC1CCOCC1. The second-order valence-electron chi connectivity index (χ2n) is 5.76. The molecule has 1 aromatic heterocycles. The molecule has 2 heterocycles. The molecule has 0 bridgehead atoms. The number of hydrogen-bond donors (Lipinski definition) is 1. The van der Waals surface area contributed by atoms with Crippen LogP contribution in [0.4, 0.5) is 10.2 Å². The van der Waals surface area contributed by atoms with Crippen molar-refractivity contribution >= 4 is 5.82 Å². The Bertz CT molecular complexity index is 390. The van der Waals surface area contributed by atoms with E-state index in [2.05, 4.69) is 25.8 Å². The van der Waals surface area contributed by atoms with Crippen molar-refractivity contribution in [3.63, 3.8) is 0 Å². The molecule has 0 saturated carbocycles. The third kappa shape index (κ3) is 6.33. The number of nitrogens with zero attached hydrogens (tertiary/aromatic N) is 1. The Hall–Kier alpha value is -1.16. The maximum absolute atomic E-state index is 12.7. The van der Waals surface area contributed by atoms with E-state index in [9.17, 15) is 4.39 Å². The smallest absolute Gasteiger partial charge is 0.141 e. The van der Waals surface area contributed by atoms with Gasteiger partial charge in [0.2, 0.25) is 0 Å². The van der Waals surface area contributed by atoms with Gasteiger partial charge >= 0.3 is 0 Å². The monoisotopic (exact) mass is 282 g/mol. The van der Waals surface area contributed by atoms with E-state index in [4.69, 9.17) is 10.5 Å². The van der Waals surface area contributed by atoms with Crippen molar-refractivity contribution in [2.24, 2.45) is 11.8 Å². The quantitative estimate of drug-likeness (QED) is 0.916. The number of nitrogen functional groups attached to an aromatic ring is 1. The van der Waals surface area contributed by atoms with Crippen LogP contribution in [0, 0.1) is 17.7 Å². The highest BCUT2D eigenvalue weighted by atomic mass is 19.1. The third-order valence-electron chi connectivity index (χ3n) is 3.51. The van der Waals surface area contributed by atoms with Crippen LogP contribution in [0.3, 0.4) is 0 Å². The van der Waals surface area contributed by atoms with Crippen molar-refractivity contribution in [2.45, 2.75) is 46.5 Å². The van der Waals surface area contributed by atoms with Gasteiger partial charge in [-0.25, -0.2) is 9.37 Å². The fourth-order valence-corrected chi connectivity index (χ4v) is 2.25. The summed E-state index contributed by atoms with van der Waals surface area (Å²) in [7, 11) is 0. The van der Waals surface area contributed by atoms with Gasteiger partial charge in [0.25, 0.3) is 0 Å². The van der Waals surface area contributed by atoms with Gasteiger partial charge in [-0.1, -0.05) is 27.2 Å². The molecule has 1 aliphatic rings. The van der Waals surface area contributed by atoms with Gasteiger partial charge in [-0.15, -0.1) is 0 Å². The van der Waals surface area contributed by atoms with Crippen molar-refractivity contribution in [1.82, 2.24) is 4.98 Å². The number of rotatable bonds is 3. The molecule has 4 heteroatoms. The predicted molar refractivity (Wildman–Crippen MR) is 81.0 cm³/mol. The minimum absolute atomic E-state index is 0.320. The van der Waals surface area contributed by atoms with Crippen LogP contribution in [0.25, 0.3) is 0 Å². The molecule has 20 heavy (non-hydrogen) atoms. The summed E-state index contributed by atoms with van der Waals surface area (Å²) < 4.78 is 17.9. The Labute approximate surface area is 121 Å². The lowest BCUT2D eigenvalue weighted by atomic mass is 9.98. The fraction of sp³-hybridized carbons (Fsp3) is 0.688. The summed E-state index contributed by atoms with van der Waals surface area (Å²) >= 11 is 0. The van der Waals surface area contributed by atoms with Crippen LogP contribution >= 0.6 is 0 Å². The van der Waals surface area contributed by atoms with Gasteiger partial charge in [0.1, 0.15) is 11.6 Å². The number of hydrogen-bond acceptors (Lipinski definition) is 3. The molecule has 0 aliphatic carbocycles. The third-order valence-corrected chi connectivity index (χ3v) is 3.51. The van der Waals surface area contributed by atoms with Crippen LogP contribution in [0.5, 0.6) is 0 Å². The molecule has 0 atom stereocenters. The van der Waals surface area contributed by atoms with Gasteiger partial charge in [0.05, 0.1) is 6.20 Å². The Morgan fingerprint density at radius 1 is 1.40 bits per heavy atom. The summed E-state index contributed by atoms with van der Waals surface area (Å²) in [6.45, 7) is 8.38. The zero-order chi connectivity index (χ0) is 15.0. The molecular weight excluding hydrogens is 255 g/mol. The summed E-state index contributed by atoms with van der Waals surface area (Å²) in [5, 5.41) is 0. The zero-order valence-corrected chi connectivity index (χ0v) is 12.9. The molecule has 3 nitrogen and oxygen atoms in total. The number of pyridine rings is 1. The molecule has 1 saturated heterocycles. The number of ether oxygens (including phenoxy) is 1. The van der Waals surface area contributed by atoms with Crippen molar-refractivity contribution in [2.75, 3.05) is 18.9 Å². The van der Waals surface area contributed by atoms with Crippen LogP contribution in [-0.2, 0) is 11.2 Å². The van der Waals surface area contributed by atoms with Crippen LogP contribution in [0.2, 0.25) is 0 Å². The van der Waals surface area contributed by atoms with Crippen molar-refractivity contribution in [3.8, 4) is 0 Å². The lowest BCUT2D eigenvalue weighted by molar-refractivity contribution is 0.0654. The van der Waals surface area contributed by atoms with E-state index in [1.54, 1.807) is 0 Å². The van der Waals surface area contributed by atoms with Crippen molar-refractivity contribution in [3.05, 3.63) is 23.6 Å². The standard InChI is InChI=1S/C9H13FN2.C7H14O/c1-6(2)3-7-4-8(10)5-12-9(7)11;1-2-7-3-5-8-6-4-7/h4-6H,3H2,1-2H3,(H2,11,12);7H,2-6H2,1H3. The normalized spacial score (nSPS) is 15.8. The Morgan fingerprint density at radius 3 is 2.55 bits per heavy atom. The highest BCUT2D eigenvalue weighted by Gasteiger charge is 2.10. The molecule has 1 aromatic rings. The first kappa shape index (κ1) is 16.9. The summed E-state index contributed by atoms with van der Waals surface area (Å²) in [6, 6.07) is 1.45. The van der Waals surface area contributed by atoms with E-state index in [1.165, 1.54) is 25.3 Å². The molecule has 0 unspecified atom stereocenters. The first-order valence-electron chi connectivity index (χ1n) is 7.50. The zero-order valence-electron chi connectivity index (χ0n) is 12.9. The summed E-state index contributed by atoms with van der Waals surface area (Å²) in [4.78, 5) is 3.73. The maximum atomic E-state index is 12.7. The lowest BCUT2D eigenvalue weighted by Gasteiger charge is -2.19. The lowest BCUT2D eigenvalue weighted by Crippen LogP contribution is -2.14. The van der Waals surface area contributed by atoms with Crippen molar-refractivity contribution < 1.29 is 9.13 Å². The van der Waals surface area contributed by atoms with Gasteiger partial charge in [-0.05, 0) is 42.7 Å². The first-order valence-corrected chi connectivity index (χ1v) is 7.50. The largest absolute Gasteiger partial charge is 0.383 e. The van der Waals surface area contributed by atoms with Crippen LogP contribution in [0.1, 0.15) is 45.6 Å². The highest BCUT2D eigenvalue weighted by Crippen LogP contribution is 2.17. The van der Waals surface area contributed by atoms with E-state index in [0.29, 0.717) is 11.7 Å². The minimum atomic E-state index is -0.320. The van der Waals surface area contributed by atoms with Gasteiger partial charge in [-0.2, -0.15) is 0 Å². The fourth-order valence-electron chi connectivity index (χ4n) is 2.25. The number of anilines is 1. The van der Waals surface area contributed by atoms with E-state index in [0.717, 1.165) is 37.3 Å². The predicted octanol–water partition coefficient (Wildman–Crippen LogP) is 3.82. The topological polar surface area (TPSA) is 48.1 Å². The second-order valence-corrected chi connectivity index (χ2v) is 5.76. The molecule has 2 N–H and O–H groups in total. The van der Waals surface area contributed by atoms with E-state index in [1.807, 2.05) is 0 Å². The second kappa shape index (κ2) is 8.90. The van der Waals surface area contributed by atoms with Crippen LogP contribution in [-0.4, -0.2) is 18.2 Å². The molecule has 2 rings (SSSR count). The summed E-state index contributed by atoms with van der Waals surface area (Å²) in [6.07, 6.45) is 5.83. The molecule has 0 amide bonds. The van der Waals surface area contributed by atoms with E-state index < -0.39 is 0 Å². The van der Waals surface area contributed by atoms with Gasteiger partial charge in [0.15, 0.2) is 0 Å². The van der Waals surface area contributed by atoms with E-state index >= 15 is 0 Å². The number of nitrogens with two attached hydrogens (primary N) is 1.